The average molecular weight is 356 g/mol. The molecule has 1 atom stereocenters. The highest BCUT2D eigenvalue weighted by atomic mass is 16.2. The lowest BCUT2D eigenvalue weighted by atomic mass is 10.2. The Morgan fingerprint density at radius 2 is 1.85 bits per heavy atom. The normalized spacial score (nSPS) is 16.3. The number of imidazole rings is 1. The Morgan fingerprint density at radius 3 is 2.54 bits per heavy atom. The number of likely N-dealkylation sites (tertiary alicyclic amines) is 1. The van der Waals surface area contributed by atoms with Gasteiger partial charge in [0.15, 0.2) is 0 Å². The Bertz CT molecular complexity index is 775. The number of rotatable bonds is 5. The van der Waals surface area contributed by atoms with Gasteiger partial charge in [0, 0.05) is 33.0 Å². The number of amides is 2. The molecule has 2 amide bonds. The van der Waals surface area contributed by atoms with Gasteiger partial charge in [-0.05, 0) is 31.9 Å². The molecule has 1 saturated heterocycles. The first kappa shape index (κ1) is 18.4. The Morgan fingerprint density at radius 1 is 1.15 bits per heavy atom. The van der Waals surface area contributed by atoms with Crippen molar-refractivity contribution >= 4 is 22.8 Å². The minimum Gasteiger partial charge on any atom is -0.347 e. The van der Waals surface area contributed by atoms with Gasteiger partial charge >= 0.3 is 0 Å². The Labute approximate surface area is 154 Å². The molecule has 3 rings (SSSR count). The Kier molecular flexibility index (Phi) is 5.91. The van der Waals surface area contributed by atoms with Gasteiger partial charge in [-0.1, -0.05) is 25.0 Å². The van der Waals surface area contributed by atoms with Gasteiger partial charge in [-0.25, -0.2) is 4.98 Å². The molecule has 26 heavy (non-hydrogen) atoms. The molecule has 2 heterocycles. The lowest BCUT2D eigenvalue weighted by Gasteiger charge is -2.21. The number of fused-ring (bicyclic) bond motifs is 1. The molecule has 1 aliphatic rings. The van der Waals surface area contributed by atoms with Crippen molar-refractivity contribution in [3.8, 4) is 0 Å². The van der Waals surface area contributed by atoms with E-state index in [4.69, 9.17) is 4.98 Å². The maximum Gasteiger partial charge on any atom is 0.224 e. The van der Waals surface area contributed by atoms with E-state index in [9.17, 15) is 9.59 Å². The number of aryl methyl sites for hydroxylation is 1. The second kappa shape index (κ2) is 8.34. The van der Waals surface area contributed by atoms with Gasteiger partial charge in [-0.2, -0.15) is 0 Å². The van der Waals surface area contributed by atoms with Gasteiger partial charge in [0.25, 0.3) is 0 Å². The van der Waals surface area contributed by atoms with Crippen LogP contribution in [0.1, 0.15) is 57.8 Å². The van der Waals surface area contributed by atoms with E-state index in [-0.39, 0.29) is 17.9 Å². The van der Waals surface area contributed by atoms with Gasteiger partial charge in [-0.3, -0.25) is 9.59 Å². The van der Waals surface area contributed by atoms with E-state index in [1.54, 1.807) is 0 Å². The SMILES string of the molecule is CC(=O)NC(C)c1nc2ccccc2n1CCC(=O)N1CCCCCC1. The molecule has 6 heteroatoms. The Balaban J connectivity index is 1.79. The maximum atomic E-state index is 12.7. The molecule has 1 N–H and O–H groups in total. The van der Waals surface area contributed by atoms with Crippen molar-refractivity contribution in [2.24, 2.45) is 0 Å². The number of hydrogen-bond acceptors (Lipinski definition) is 3. The maximum absolute atomic E-state index is 12.7. The van der Waals surface area contributed by atoms with E-state index in [1.165, 1.54) is 19.8 Å². The van der Waals surface area contributed by atoms with Crippen molar-refractivity contribution in [2.75, 3.05) is 13.1 Å². The Hall–Kier alpha value is -2.37. The number of para-hydroxylation sites is 2. The van der Waals surface area contributed by atoms with E-state index in [1.807, 2.05) is 36.1 Å². The third kappa shape index (κ3) is 4.23. The van der Waals surface area contributed by atoms with Crippen LogP contribution in [0, 0.1) is 0 Å². The van der Waals surface area contributed by atoms with Gasteiger partial charge in [0.1, 0.15) is 5.82 Å². The topological polar surface area (TPSA) is 67.2 Å². The molecule has 1 aliphatic heterocycles. The van der Waals surface area contributed by atoms with Gasteiger partial charge in [0.2, 0.25) is 11.8 Å². The number of aromatic nitrogens is 2. The zero-order valence-electron chi connectivity index (χ0n) is 15.7. The molecular formula is C20H28N4O2. The van der Waals surface area contributed by atoms with Crippen LogP contribution < -0.4 is 5.32 Å². The highest BCUT2D eigenvalue weighted by molar-refractivity contribution is 5.78. The number of nitrogens with one attached hydrogen (secondary N) is 1. The minimum atomic E-state index is -0.201. The van der Waals surface area contributed by atoms with Gasteiger partial charge in [-0.15, -0.1) is 0 Å². The standard InChI is InChI=1S/C20H28N4O2/c1-15(21-16(2)25)20-22-17-9-5-6-10-18(17)24(20)14-11-19(26)23-12-7-3-4-8-13-23/h5-6,9-10,15H,3-4,7-8,11-14H2,1-2H3,(H,21,25). The third-order valence-electron chi connectivity index (χ3n) is 5.00. The zero-order valence-corrected chi connectivity index (χ0v) is 15.7. The molecule has 1 aromatic carbocycles. The molecule has 0 aliphatic carbocycles. The zero-order chi connectivity index (χ0) is 18.5. The van der Waals surface area contributed by atoms with Crippen LogP contribution in [-0.2, 0) is 16.1 Å². The van der Waals surface area contributed by atoms with E-state index in [0.717, 1.165) is 42.8 Å². The smallest absolute Gasteiger partial charge is 0.224 e. The second-order valence-electron chi connectivity index (χ2n) is 7.08. The predicted octanol–water partition coefficient (Wildman–Crippen LogP) is 3.03. The summed E-state index contributed by atoms with van der Waals surface area (Å²) in [7, 11) is 0. The predicted molar refractivity (Wildman–Crippen MR) is 102 cm³/mol. The van der Waals surface area contributed by atoms with Crippen molar-refractivity contribution in [3.05, 3.63) is 30.1 Å². The summed E-state index contributed by atoms with van der Waals surface area (Å²) in [5.74, 6) is 0.921. The highest BCUT2D eigenvalue weighted by Crippen LogP contribution is 2.22. The fraction of sp³-hybridized carbons (Fsp3) is 0.550. The molecule has 0 radical (unpaired) electrons. The number of carbonyl (C=O) groups is 2. The summed E-state index contributed by atoms with van der Waals surface area (Å²) in [5, 5.41) is 2.90. The summed E-state index contributed by atoms with van der Waals surface area (Å²) < 4.78 is 2.08. The number of hydrogen-bond donors (Lipinski definition) is 1. The van der Waals surface area contributed by atoms with Crippen molar-refractivity contribution < 1.29 is 9.59 Å². The molecule has 140 valence electrons. The molecule has 1 aromatic heterocycles. The minimum absolute atomic E-state index is 0.0863. The average Bonchev–Trinajstić information content (AvgIpc) is 2.78. The van der Waals surface area contributed by atoms with E-state index in [2.05, 4.69) is 9.88 Å². The number of nitrogens with zero attached hydrogens (tertiary/aromatic N) is 3. The highest BCUT2D eigenvalue weighted by Gasteiger charge is 2.20. The van der Waals surface area contributed by atoms with Crippen molar-refractivity contribution in [1.29, 1.82) is 0 Å². The first-order valence-corrected chi connectivity index (χ1v) is 9.56. The van der Waals surface area contributed by atoms with Crippen LogP contribution in [0.4, 0.5) is 0 Å². The lowest BCUT2D eigenvalue weighted by molar-refractivity contribution is -0.131. The summed E-state index contributed by atoms with van der Waals surface area (Å²) in [5.41, 5.74) is 1.89. The van der Waals surface area contributed by atoms with Gasteiger partial charge in [0.05, 0.1) is 17.1 Å². The first-order chi connectivity index (χ1) is 12.6. The van der Waals surface area contributed by atoms with Crippen LogP contribution in [-0.4, -0.2) is 39.4 Å². The summed E-state index contributed by atoms with van der Waals surface area (Å²) in [6.45, 7) is 5.76. The van der Waals surface area contributed by atoms with Crippen molar-refractivity contribution in [1.82, 2.24) is 19.8 Å². The van der Waals surface area contributed by atoms with Crippen LogP contribution in [0.15, 0.2) is 24.3 Å². The molecule has 1 unspecified atom stereocenters. The molecular weight excluding hydrogens is 328 g/mol. The largest absolute Gasteiger partial charge is 0.347 e. The summed E-state index contributed by atoms with van der Waals surface area (Å²) >= 11 is 0. The lowest BCUT2D eigenvalue weighted by Crippen LogP contribution is -2.33. The van der Waals surface area contributed by atoms with E-state index >= 15 is 0 Å². The summed E-state index contributed by atoms with van der Waals surface area (Å²) in [4.78, 5) is 30.8. The number of benzene rings is 1. The second-order valence-corrected chi connectivity index (χ2v) is 7.08. The molecule has 0 spiro atoms. The van der Waals surface area contributed by atoms with Gasteiger partial charge < -0.3 is 14.8 Å². The monoisotopic (exact) mass is 356 g/mol. The van der Waals surface area contributed by atoms with Crippen LogP contribution in [0.5, 0.6) is 0 Å². The molecule has 1 fully saturated rings. The first-order valence-electron chi connectivity index (χ1n) is 9.56. The number of carbonyl (C=O) groups excluding carboxylic acids is 2. The quantitative estimate of drug-likeness (QED) is 0.895. The van der Waals surface area contributed by atoms with Crippen LogP contribution in [0.25, 0.3) is 11.0 Å². The van der Waals surface area contributed by atoms with E-state index in [0.29, 0.717) is 13.0 Å². The van der Waals surface area contributed by atoms with Crippen LogP contribution >= 0.6 is 0 Å². The van der Waals surface area contributed by atoms with Crippen LogP contribution in [0.3, 0.4) is 0 Å². The van der Waals surface area contributed by atoms with Crippen LogP contribution in [0.2, 0.25) is 0 Å². The summed E-state index contributed by atoms with van der Waals surface area (Å²) in [6, 6.07) is 7.71. The molecule has 6 nitrogen and oxygen atoms in total. The molecule has 0 bridgehead atoms. The fourth-order valence-corrected chi connectivity index (χ4v) is 3.71. The molecule has 0 saturated carbocycles. The van der Waals surface area contributed by atoms with Crippen molar-refractivity contribution in [2.45, 2.75) is 58.5 Å². The third-order valence-corrected chi connectivity index (χ3v) is 5.00. The van der Waals surface area contributed by atoms with Crippen molar-refractivity contribution in [3.63, 3.8) is 0 Å². The fourth-order valence-electron chi connectivity index (χ4n) is 3.71. The summed E-state index contributed by atoms with van der Waals surface area (Å²) in [6.07, 6.45) is 5.10. The van der Waals surface area contributed by atoms with E-state index < -0.39 is 0 Å². The molecule has 2 aromatic rings.